The highest BCUT2D eigenvalue weighted by Gasteiger charge is 2.29. The summed E-state index contributed by atoms with van der Waals surface area (Å²) in [7, 11) is -3.47. The lowest BCUT2D eigenvalue weighted by atomic mass is 10.1. The molecule has 1 aromatic rings. The standard InChI is InChI=1S/C15H24N2O3S/c1-10-3-4-13(7-10)17-21(18,19)15-8-14(20-11(15)2)9-16-12-5-6-12/h8,10,12-13,16-17H,3-7,9H2,1-2H3. The first-order valence-corrected chi connectivity index (χ1v) is 9.27. The number of rotatable bonds is 6. The largest absolute Gasteiger partial charge is 0.464 e. The number of aryl methyl sites for hydroxylation is 1. The van der Waals surface area contributed by atoms with Crippen LogP contribution in [0, 0.1) is 12.8 Å². The maximum Gasteiger partial charge on any atom is 0.244 e. The lowest BCUT2D eigenvalue weighted by Gasteiger charge is -2.12. The average molecular weight is 312 g/mol. The van der Waals surface area contributed by atoms with E-state index in [0.29, 0.717) is 30.0 Å². The van der Waals surface area contributed by atoms with E-state index in [2.05, 4.69) is 17.0 Å². The quantitative estimate of drug-likeness (QED) is 0.845. The van der Waals surface area contributed by atoms with Crippen LogP contribution in [0.1, 0.15) is 50.5 Å². The Hall–Kier alpha value is -0.850. The Morgan fingerprint density at radius 1 is 1.24 bits per heavy atom. The van der Waals surface area contributed by atoms with Crippen LogP contribution in [0.4, 0.5) is 0 Å². The molecule has 2 unspecified atom stereocenters. The summed E-state index contributed by atoms with van der Waals surface area (Å²) in [5.41, 5.74) is 0. The predicted molar refractivity (Wildman–Crippen MR) is 80.4 cm³/mol. The van der Waals surface area contributed by atoms with Crippen molar-refractivity contribution in [2.75, 3.05) is 0 Å². The van der Waals surface area contributed by atoms with Gasteiger partial charge >= 0.3 is 0 Å². The van der Waals surface area contributed by atoms with Gasteiger partial charge in [0.05, 0.1) is 6.54 Å². The zero-order chi connectivity index (χ0) is 15.0. The molecule has 2 saturated carbocycles. The van der Waals surface area contributed by atoms with Gasteiger partial charge in [-0.05, 0) is 44.9 Å². The molecule has 2 aliphatic carbocycles. The zero-order valence-electron chi connectivity index (χ0n) is 12.7. The second-order valence-electron chi connectivity index (χ2n) is 6.52. The summed E-state index contributed by atoms with van der Waals surface area (Å²) in [6, 6.07) is 2.30. The lowest BCUT2D eigenvalue weighted by molar-refractivity contribution is 0.455. The van der Waals surface area contributed by atoms with Crippen LogP contribution in [0.15, 0.2) is 15.4 Å². The predicted octanol–water partition coefficient (Wildman–Crippen LogP) is 2.31. The fraction of sp³-hybridized carbons (Fsp3) is 0.733. The molecule has 21 heavy (non-hydrogen) atoms. The van der Waals surface area contributed by atoms with Crippen LogP contribution in [0.2, 0.25) is 0 Å². The molecule has 0 saturated heterocycles. The molecule has 0 bridgehead atoms. The van der Waals surface area contributed by atoms with E-state index >= 15 is 0 Å². The molecule has 1 heterocycles. The van der Waals surface area contributed by atoms with Crippen LogP contribution in [-0.4, -0.2) is 20.5 Å². The molecule has 6 heteroatoms. The molecule has 2 atom stereocenters. The Bertz CT molecular complexity index is 604. The maximum atomic E-state index is 12.5. The second-order valence-corrected chi connectivity index (χ2v) is 8.21. The van der Waals surface area contributed by atoms with Crippen LogP contribution in [0.25, 0.3) is 0 Å². The molecular formula is C15H24N2O3S. The smallest absolute Gasteiger partial charge is 0.244 e. The van der Waals surface area contributed by atoms with E-state index in [1.807, 2.05) is 0 Å². The van der Waals surface area contributed by atoms with Crippen LogP contribution in [0.3, 0.4) is 0 Å². The monoisotopic (exact) mass is 312 g/mol. The van der Waals surface area contributed by atoms with Crippen molar-refractivity contribution in [1.29, 1.82) is 0 Å². The summed E-state index contributed by atoms with van der Waals surface area (Å²) in [6.45, 7) is 4.48. The maximum absolute atomic E-state index is 12.5. The Morgan fingerprint density at radius 3 is 2.57 bits per heavy atom. The lowest BCUT2D eigenvalue weighted by Crippen LogP contribution is -2.33. The zero-order valence-corrected chi connectivity index (χ0v) is 13.5. The van der Waals surface area contributed by atoms with Gasteiger partial charge in [-0.2, -0.15) is 0 Å². The van der Waals surface area contributed by atoms with Gasteiger partial charge in [0, 0.05) is 18.2 Å². The third-order valence-electron chi connectivity index (χ3n) is 4.37. The first kappa shape index (κ1) is 15.1. The second kappa shape index (κ2) is 5.74. The Balaban J connectivity index is 1.68. The number of hydrogen-bond donors (Lipinski definition) is 2. The highest BCUT2D eigenvalue weighted by Crippen LogP contribution is 2.27. The number of furan rings is 1. The SMILES string of the molecule is Cc1oc(CNC2CC2)cc1S(=O)(=O)NC1CCC(C)C1. The normalized spacial score (nSPS) is 26.4. The molecule has 2 N–H and O–H groups in total. The summed E-state index contributed by atoms with van der Waals surface area (Å²) in [5, 5.41) is 3.33. The molecule has 0 radical (unpaired) electrons. The van der Waals surface area contributed by atoms with Crippen molar-refractivity contribution in [3.63, 3.8) is 0 Å². The average Bonchev–Trinajstić information content (AvgIpc) is 3.03. The summed E-state index contributed by atoms with van der Waals surface area (Å²) in [5.74, 6) is 1.77. The van der Waals surface area contributed by atoms with Gasteiger partial charge < -0.3 is 9.73 Å². The van der Waals surface area contributed by atoms with Crippen molar-refractivity contribution >= 4 is 10.0 Å². The molecule has 0 spiro atoms. The third-order valence-corrected chi connectivity index (χ3v) is 6.00. The minimum atomic E-state index is -3.47. The first-order valence-electron chi connectivity index (χ1n) is 7.79. The van der Waals surface area contributed by atoms with Gasteiger partial charge in [-0.25, -0.2) is 13.1 Å². The van der Waals surface area contributed by atoms with Crippen molar-refractivity contribution in [1.82, 2.24) is 10.0 Å². The number of hydrogen-bond acceptors (Lipinski definition) is 4. The molecule has 2 fully saturated rings. The molecule has 0 aromatic carbocycles. The van der Waals surface area contributed by atoms with Gasteiger partial charge in [0.2, 0.25) is 10.0 Å². The summed E-state index contributed by atoms with van der Waals surface area (Å²) >= 11 is 0. The van der Waals surface area contributed by atoms with E-state index in [1.54, 1.807) is 13.0 Å². The molecule has 5 nitrogen and oxygen atoms in total. The molecular weight excluding hydrogens is 288 g/mol. The number of nitrogens with one attached hydrogen (secondary N) is 2. The van der Waals surface area contributed by atoms with Gasteiger partial charge in [0.15, 0.2) is 0 Å². The van der Waals surface area contributed by atoms with E-state index in [4.69, 9.17) is 4.42 Å². The van der Waals surface area contributed by atoms with Gasteiger partial charge in [-0.3, -0.25) is 0 Å². The molecule has 2 aliphatic rings. The van der Waals surface area contributed by atoms with Gasteiger partial charge in [-0.15, -0.1) is 0 Å². The molecule has 118 valence electrons. The van der Waals surface area contributed by atoms with Crippen LogP contribution >= 0.6 is 0 Å². The highest BCUT2D eigenvalue weighted by atomic mass is 32.2. The molecule has 3 rings (SSSR count). The first-order chi connectivity index (χ1) is 9.94. The van der Waals surface area contributed by atoms with Gasteiger partial charge in [0.25, 0.3) is 0 Å². The molecule has 0 aliphatic heterocycles. The van der Waals surface area contributed by atoms with E-state index in [9.17, 15) is 8.42 Å². The number of sulfonamides is 1. The van der Waals surface area contributed by atoms with E-state index in [1.165, 1.54) is 12.8 Å². The Kier molecular flexibility index (Phi) is 4.12. The Morgan fingerprint density at radius 2 is 1.95 bits per heavy atom. The topological polar surface area (TPSA) is 71.3 Å². The summed E-state index contributed by atoms with van der Waals surface area (Å²) < 4.78 is 33.4. The van der Waals surface area contributed by atoms with Crippen molar-refractivity contribution in [3.8, 4) is 0 Å². The van der Waals surface area contributed by atoms with E-state index < -0.39 is 10.0 Å². The van der Waals surface area contributed by atoms with Crippen LogP contribution in [-0.2, 0) is 16.6 Å². The van der Waals surface area contributed by atoms with E-state index in [0.717, 1.165) is 19.3 Å². The van der Waals surface area contributed by atoms with Crippen molar-refractivity contribution in [2.45, 2.75) is 69.5 Å². The summed E-state index contributed by atoms with van der Waals surface area (Å²) in [6.07, 6.45) is 5.34. The minimum absolute atomic E-state index is 0.0624. The fourth-order valence-corrected chi connectivity index (χ4v) is 4.49. The highest BCUT2D eigenvalue weighted by molar-refractivity contribution is 7.89. The summed E-state index contributed by atoms with van der Waals surface area (Å²) in [4.78, 5) is 0.287. The van der Waals surface area contributed by atoms with Crippen molar-refractivity contribution in [2.24, 2.45) is 5.92 Å². The van der Waals surface area contributed by atoms with Gasteiger partial charge in [-0.1, -0.05) is 6.92 Å². The van der Waals surface area contributed by atoms with Crippen LogP contribution < -0.4 is 10.0 Å². The molecule has 0 amide bonds. The van der Waals surface area contributed by atoms with Crippen LogP contribution in [0.5, 0.6) is 0 Å². The minimum Gasteiger partial charge on any atom is -0.464 e. The fourth-order valence-electron chi connectivity index (χ4n) is 3.01. The van der Waals surface area contributed by atoms with Gasteiger partial charge in [0.1, 0.15) is 16.4 Å². The Labute approximate surface area is 126 Å². The van der Waals surface area contributed by atoms with Crippen molar-refractivity contribution in [3.05, 3.63) is 17.6 Å². The third kappa shape index (κ3) is 3.67. The van der Waals surface area contributed by atoms with Crippen molar-refractivity contribution < 1.29 is 12.8 Å². The van der Waals surface area contributed by atoms with E-state index in [-0.39, 0.29) is 10.9 Å². The molecule has 1 aromatic heterocycles.